The van der Waals surface area contributed by atoms with Gasteiger partial charge in [-0.1, -0.05) is 6.07 Å². The van der Waals surface area contributed by atoms with Gasteiger partial charge in [-0.25, -0.2) is 4.79 Å². The van der Waals surface area contributed by atoms with Gasteiger partial charge in [0.2, 0.25) is 0 Å². The highest BCUT2D eigenvalue weighted by molar-refractivity contribution is 6.65. The normalized spacial score (nSPS) is 19.3. The summed E-state index contributed by atoms with van der Waals surface area (Å²) in [6.45, 7) is 10.1. The average molecular weight is 316 g/mol. The van der Waals surface area contributed by atoms with E-state index in [0.29, 0.717) is 17.6 Å². The molecule has 0 spiro atoms. The van der Waals surface area contributed by atoms with Crippen LogP contribution in [0.15, 0.2) is 18.3 Å². The fraction of sp³-hybridized carbons (Fsp3) is 0.500. The first-order valence-corrected chi connectivity index (χ1v) is 7.75. The molecule has 1 fully saturated rings. The molecule has 0 radical (unpaired) electrons. The summed E-state index contributed by atoms with van der Waals surface area (Å²) in [6.07, 6.45) is 1.62. The second-order valence-electron chi connectivity index (χ2n) is 6.67. The molecule has 0 bridgehead atoms. The van der Waals surface area contributed by atoms with Gasteiger partial charge in [-0.15, -0.1) is 0 Å². The summed E-state index contributed by atoms with van der Waals surface area (Å²) in [6, 6.07) is 3.56. The third-order valence-electron chi connectivity index (χ3n) is 4.65. The molecule has 2 heterocycles. The Hall–Kier alpha value is -1.86. The van der Waals surface area contributed by atoms with E-state index in [2.05, 4.69) is 10.2 Å². The van der Waals surface area contributed by atoms with Gasteiger partial charge in [-0.2, -0.15) is 5.10 Å². The molecule has 3 rings (SSSR count). The number of ether oxygens (including phenoxy) is 1. The first-order chi connectivity index (χ1) is 10.8. The van der Waals surface area contributed by atoms with Crippen molar-refractivity contribution in [2.75, 3.05) is 6.61 Å². The molecule has 1 aliphatic heterocycles. The molecule has 0 unspecified atom stereocenters. The molecular formula is C16H21BN2O4. The Labute approximate surface area is 135 Å². The lowest BCUT2D eigenvalue weighted by Gasteiger charge is -2.32. The SMILES string of the molecule is CCOC(=O)c1ccc(B2OC(C)(C)C(C)(C)O2)c2[nH]ncc12. The van der Waals surface area contributed by atoms with Gasteiger partial charge >= 0.3 is 13.1 Å². The van der Waals surface area contributed by atoms with Gasteiger partial charge in [0.15, 0.2) is 0 Å². The zero-order chi connectivity index (χ0) is 16.8. The number of rotatable bonds is 3. The minimum absolute atomic E-state index is 0.331. The Morgan fingerprint density at radius 2 is 1.91 bits per heavy atom. The lowest BCUT2D eigenvalue weighted by atomic mass is 9.77. The Morgan fingerprint density at radius 1 is 1.26 bits per heavy atom. The van der Waals surface area contributed by atoms with Crippen LogP contribution in [-0.2, 0) is 14.0 Å². The number of benzene rings is 1. The molecule has 1 saturated heterocycles. The van der Waals surface area contributed by atoms with E-state index in [4.69, 9.17) is 14.0 Å². The molecule has 1 aromatic heterocycles. The van der Waals surface area contributed by atoms with Gasteiger partial charge in [0.25, 0.3) is 0 Å². The van der Waals surface area contributed by atoms with E-state index >= 15 is 0 Å². The number of esters is 1. The summed E-state index contributed by atoms with van der Waals surface area (Å²) >= 11 is 0. The highest BCUT2D eigenvalue weighted by atomic mass is 16.7. The van der Waals surface area contributed by atoms with Crippen molar-refractivity contribution in [1.29, 1.82) is 0 Å². The van der Waals surface area contributed by atoms with Crippen LogP contribution in [0.1, 0.15) is 45.0 Å². The number of aromatic nitrogens is 2. The van der Waals surface area contributed by atoms with Gasteiger partial charge in [-0.3, -0.25) is 5.10 Å². The van der Waals surface area contributed by atoms with Gasteiger partial charge in [0.05, 0.1) is 35.1 Å². The molecular weight excluding hydrogens is 295 g/mol. The maximum Gasteiger partial charge on any atom is 0.497 e. The van der Waals surface area contributed by atoms with E-state index in [-0.39, 0.29) is 5.97 Å². The highest BCUT2D eigenvalue weighted by Crippen LogP contribution is 2.37. The summed E-state index contributed by atoms with van der Waals surface area (Å²) in [7, 11) is -0.515. The number of fused-ring (bicyclic) bond motifs is 1. The summed E-state index contributed by atoms with van der Waals surface area (Å²) in [5.74, 6) is -0.362. The van der Waals surface area contributed by atoms with Crippen molar-refractivity contribution in [2.24, 2.45) is 0 Å². The third kappa shape index (κ3) is 2.54. The van der Waals surface area contributed by atoms with Crippen LogP contribution in [0.2, 0.25) is 0 Å². The van der Waals surface area contributed by atoms with E-state index in [9.17, 15) is 4.79 Å². The van der Waals surface area contributed by atoms with Crippen molar-refractivity contribution in [1.82, 2.24) is 10.2 Å². The fourth-order valence-electron chi connectivity index (χ4n) is 2.61. The van der Waals surface area contributed by atoms with Crippen molar-refractivity contribution in [3.05, 3.63) is 23.9 Å². The largest absolute Gasteiger partial charge is 0.497 e. The number of carbonyl (C=O) groups excluding carboxylic acids is 1. The number of hydrogen-bond acceptors (Lipinski definition) is 5. The topological polar surface area (TPSA) is 73.4 Å². The molecule has 2 aromatic rings. The smallest absolute Gasteiger partial charge is 0.462 e. The fourth-order valence-corrected chi connectivity index (χ4v) is 2.61. The van der Waals surface area contributed by atoms with Gasteiger partial charge in [0.1, 0.15) is 0 Å². The van der Waals surface area contributed by atoms with Crippen LogP contribution in [0.5, 0.6) is 0 Å². The molecule has 23 heavy (non-hydrogen) atoms. The molecule has 0 aliphatic carbocycles. The minimum atomic E-state index is -0.515. The van der Waals surface area contributed by atoms with Crippen LogP contribution >= 0.6 is 0 Å². The highest BCUT2D eigenvalue weighted by Gasteiger charge is 2.52. The van der Waals surface area contributed by atoms with Crippen LogP contribution in [0.3, 0.4) is 0 Å². The quantitative estimate of drug-likeness (QED) is 0.693. The molecule has 0 amide bonds. The Bertz CT molecular complexity index is 738. The Kier molecular flexibility index (Phi) is 3.73. The standard InChI is InChI=1S/C16H21BN2O4/c1-6-21-14(20)10-7-8-12(13-11(10)9-18-19-13)17-22-15(2,3)16(4,5)23-17/h7-9H,6H2,1-5H3,(H,18,19). The van der Waals surface area contributed by atoms with Crippen molar-refractivity contribution in [3.8, 4) is 0 Å². The zero-order valence-electron chi connectivity index (χ0n) is 14.1. The van der Waals surface area contributed by atoms with E-state index in [1.165, 1.54) is 0 Å². The third-order valence-corrected chi connectivity index (χ3v) is 4.65. The molecule has 6 nitrogen and oxygen atoms in total. The lowest BCUT2D eigenvalue weighted by molar-refractivity contribution is 0.00578. The number of hydrogen-bond donors (Lipinski definition) is 1. The maximum atomic E-state index is 12.1. The molecule has 7 heteroatoms. The molecule has 122 valence electrons. The van der Waals surface area contributed by atoms with Crippen molar-refractivity contribution in [3.63, 3.8) is 0 Å². The van der Waals surface area contributed by atoms with Crippen LogP contribution in [-0.4, -0.2) is 41.1 Å². The first-order valence-electron chi connectivity index (χ1n) is 7.75. The van der Waals surface area contributed by atoms with Crippen molar-refractivity contribution < 1.29 is 18.8 Å². The number of nitrogens with zero attached hydrogens (tertiary/aromatic N) is 1. The number of nitrogens with one attached hydrogen (secondary N) is 1. The van der Waals surface area contributed by atoms with Crippen LogP contribution in [0.25, 0.3) is 10.9 Å². The first kappa shape index (κ1) is 16.0. The second-order valence-corrected chi connectivity index (χ2v) is 6.67. The Morgan fingerprint density at radius 3 is 2.52 bits per heavy atom. The lowest BCUT2D eigenvalue weighted by Crippen LogP contribution is -2.41. The number of aromatic amines is 1. The van der Waals surface area contributed by atoms with Crippen LogP contribution in [0, 0.1) is 0 Å². The predicted octanol–water partition coefficient (Wildman–Crippen LogP) is 2.04. The van der Waals surface area contributed by atoms with Gasteiger partial charge in [0, 0.05) is 10.8 Å². The van der Waals surface area contributed by atoms with Gasteiger partial charge < -0.3 is 14.0 Å². The van der Waals surface area contributed by atoms with Crippen molar-refractivity contribution >= 4 is 29.5 Å². The minimum Gasteiger partial charge on any atom is -0.462 e. The summed E-state index contributed by atoms with van der Waals surface area (Å²) < 4.78 is 17.3. The summed E-state index contributed by atoms with van der Waals surface area (Å²) in [5, 5.41) is 7.71. The van der Waals surface area contributed by atoms with Crippen molar-refractivity contribution in [2.45, 2.75) is 45.8 Å². The second kappa shape index (κ2) is 5.35. The average Bonchev–Trinajstić information content (AvgIpc) is 3.01. The number of H-pyrrole nitrogens is 1. The van der Waals surface area contributed by atoms with Crippen LogP contribution < -0.4 is 5.46 Å². The van der Waals surface area contributed by atoms with E-state index in [1.807, 2.05) is 33.8 Å². The van der Waals surface area contributed by atoms with E-state index in [0.717, 1.165) is 11.0 Å². The van der Waals surface area contributed by atoms with Crippen LogP contribution in [0.4, 0.5) is 0 Å². The van der Waals surface area contributed by atoms with Gasteiger partial charge in [-0.05, 0) is 40.7 Å². The molecule has 1 aliphatic rings. The molecule has 1 N–H and O–H groups in total. The maximum absolute atomic E-state index is 12.1. The molecule has 0 saturated carbocycles. The molecule has 1 aromatic carbocycles. The predicted molar refractivity (Wildman–Crippen MR) is 87.8 cm³/mol. The number of carbonyl (C=O) groups is 1. The monoisotopic (exact) mass is 316 g/mol. The Balaban J connectivity index is 2.03. The van der Waals surface area contributed by atoms with E-state index < -0.39 is 18.3 Å². The summed E-state index contributed by atoms with van der Waals surface area (Å²) in [5.41, 5.74) is 1.18. The molecule has 0 atom stereocenters. The zero-order valence-corrected chi connectivity index (χ0v) is 14.1. The summed E-state index contributed by atoms with van der Waals surface area (Å²) in [4.78, 5) is 12.1. The van der Waals surface area contributed by atoms with E-state index in [1.54, 1.807) is 19.2 Å².